The number of carboxylic acids is 1. The Hall–Kier alpha value is -3.47. The summed E-state index contributed by atoms with van der Waals surface area (Å²) in [5.41, 5.74) is 8.82. The van der Waals surface area contributed by atoms with Crippen molar-refractivity contribution < 1.29 is 19.4 Å². The summed E-state index contributed by atoms with van der Waals surface area (Å²) in [7, 11) is 0. The van der Waals surface area contributed by atoms with E-state index in [0.29, 0.717) is 18.9 Å². The monoisotopic (exact) mass is 405 g/mol. The van der Waals surface area contributed by atoms with Gasteiger partial charge < -0.3 is 20.3 Å². The van der Waals surface area contributed by atoms with Gasteiger partial charge in [-0.3, -0.25) is 0 Å². The largest absolute Gasteiger partial charge is 0.494 e. The van der Waals surface area contributed by atoms with Gasteiger partial charge in [0.05, 0.1) is 24.5 Å². The molecule has 0 saturated heterocycles. The Labute approximate surface area is 177 Å². The molecule has 0 spiro atoms. The highest BCUT2D eigenvalue weighted by molar-refractivity contribution is 5.88. The van der Waals surface area contributed by atoms with Gasteiger partial charge in [-0.2, -0.15) is 0 Å². The van der Waals surface area contributed by atoms with Crippen molar-refractivity contribution in [3.8, 4) is 22.6 Å². The number of anilines is 1. The molecule has 0 aliphatic rings. The minimum atomic E-state index is -0.918. The van der Waals surface area contributed by atoms with E-state index in [1.165, 1.54) is 0 Å². The van der Waals surface area contributed by atoms with Gasteiger partial charge in [-0.1, -0.05) is 36.4 Å². The third-order valence-electron chi connectivity index (χ3n) is 4.80. The molecule has 0 heterocycles. The van der Waals surface area contributed by atoms with Gasteiger partial charge >= 0.3 is 5.97 Å². The van der Waals surface area contributed by atoms with Gasteiger partial charge in [-0.05, 0) is 73.2 Å². The third kappa shape index (κ3) is 6.27. The highest BCUT2D eigenvalue weighted by atomic mass is 16.5. The lowest BCUT2D eigenvalue weighted by atomic mass is 10.0. The van der Waals surface area contributed by atoms with Crippen LogP contribution in [0.3, 0.4) is 0 Å². The zero-order valence-electron chi connectivity index (χ0n) is 16.9. The van der Waals surface area contributed by atoms with Crippen LogP contribution in [-0.2, 0) is 0 Å². The van der Waals surface area contributed by atoms with Crippen molar-refractivity contribution in [1.29, 1.82) is 0 Å². The van der Waals surface area contributed by atoms with E-state index in [1.807, 2.05) is 60.7 Å². The number of aromatic carboxylic acids is 1. The van der Waals surface area contributed by atoms with Crippen molar-refractivity contribution in [3.05, 3.63) is 78.4 Å². The number of para-hydroxylation sites is 2. The SMILES string of the molecule is Nc1ccccc1OCCCCCCOc1ccc(-c2ccc(C(=O)O)cc2)cc1. The summed E-state index contributed by atoms with van der Waals surface area (Å²) >= 11 is 0. The maximum absolute atomic E-state index is 10.9. The van der Waals surface area contributed by atoms with Crippen molar-refractivity contribution in [1.82, 2.24) is 0 Å². The molecule has 3 N–H and O–H groups in total. The van der Waals surface area contributed by atoms with Crippen molar-refractivity contribution >= 4 is 11.7 Å². The molecule has 0 unspecified atom stereocenters. The van der Waals surface area contributed by atoms with Gasteiger partial charge in [-0.15, -0.1) is 0 Å². The molecule has 156 valence electrons. The minimum Gasteiger partial charge on any atom is -0.494 e. The number of nitrogen functional groups attached to an aromatic ring is 1. The summed E-state index contributed by atoms with van der Waals surface area (Å²) in [5, 5.41) is 8.98. The van der Waals surface area contributed by atoms with Crippen LogP contribution >= 0.6 is 0 Å². The smallest absolute Gasteiger partial charge is 0.335 e. The highest BCUT2D eigenvalue weighted by Crippen LogP contribution is 2.23. The van der Waals surface area contributed by atoms with Crippen molar-refractivity contribution in [2.75, 3.05) is 18.9 Å². The first kappa shape index (κ1) is 21.2. The first-order chi connectivity index (χ1) is 14.6. The maximum atomic E-state index is 10.9. The molecule has 0 aliphatic carbocycles. The van der Waals surface area contributed by atoms with Crippen molar-refractivity contribution in [2.24, 2.45) is 0 Å². The Morgan fingerprint density at radius 3 is 1.90 bits per heavy atom. The number of carbonyl (C=O) groups is 1. The Kier molecular flexibility index (Phi) is 7.72. The lowest BCUT2D eigenvalue weighted by Gasteiger charge is -2.09. The van der Waals surface area contributed by atoms with Crippen LogP contribution in [0.1, 0.15) is 36.0 Å². The average Bonchev–Trinajstić information content (AvgIpc) is 2.77. The van der Waals surface area contributed by atoms with Gasteiger partial charge in [0, 0.05) is 0 Å². The summed E-state index contributed by atoms with van der Waals surface area (Å²) in [6.07, 6.45) is 4.15. The molecule has 0 fully saturated rings. The fraction of sp³-hybridized carbons (Fsp3) is 0.240. The number of nitrogens with two attached hydrogens (primary N) is 1. The van der Waals surface area contributed by atoms with E-state index in [0.717, 1.165) is 48.3 Å². The lowest BCUT2D eigenvalue weighted by molar-refractivity contribution is 0.0697. The number of benzene rings is 3. The van der Waals surface area contributed by atoms with Crippen molar-refractivity contribution in [3.63, 3.8) is 0 Å². The van der Waals surface area contributed by atoms with Crippen LogP contribution in [0.4, 0.5) is 5.69 Å². The van der Waals surface area contributed by atoms with Crippen LogP contribution in [0, 0.1) is 0 Å². The predicted molar refractivity (Wildman–Crippen MR) is 119 cm³/mol. The Morgan fingerprint density at radius 1 is 0.733 bits per heavy atom. The highest BCUT2D eigenvalue weighted by Gasteiger charge is 2.04. The molecule has 0 bridgehead atoms. The number of unbranched alkanes of at least 4 members (excludes halogenated alkanes) is 3. The number of hydrogen-bond acceptors (Lipinski definition) is 4. The quantitative estimate of drug-likeness (QED) is 0.318. The first-order valence-electron chi connectivity index (χ1n) is 10.2. The number of hydrogen-bond donors (Lipinski definition) is 2. The molecule has 0 aromatic heterocycles. The first-order valence-corrected chi connectivity index (χ1v) is 10.2. The molecule has 3 aromatic rings. The molecule has 5 heteroatoms. The summed E-state index contributed by atoms with van der Waals surface area (Å²) in [5.74, 6) is 0.671. The maximum Gasteiger partial charge on any atom is 0.335 e. The average molecular weight is 405 g/mol. The second kappa shape index (κ2) is 10.9. The summed E-state index contributed by atoms with van der Waals surface area (Å²) in [4.78, 5) is 10.9. The summed E-state index contributed by atoms with van der Waals surface area (Å²) in [6.45, 7) is 1.35. The molecule has 5 nitrogen and oxygen atoms in total. The summed E-state index contributed by atoms with van der Waals surface area (Å²) in [6, 6.07) is 22.3. The van der Waals surface area contributed by atoms with Crippen LogP contribution in [0.5, 0.6) is 11.5 Å². The van der Waals surface area contributed by atoms with E-state index in [9.17, 15) is 4.79 Å². The molecule has 0 amide bonds. The van der Waals surface area contributed by atoms with E-state index in [2.05, 4.69) is 0 Å². The fourth-order valence-corrected chi connectivity index (χ4v) is 3.09. The molecule has 30 heavy (non-hydrogen) atoms. The normalized spacial score (nSPS) is 10.5. The molecular weight excluding hydrogens is 378 g/mol. The zero-order chi connectivity index (χ0) is 21.2. The van der Waals surface area contributed by atoms with Gasteiger partial charge in [-0.25, -0.2) is 4.79 Å². The lowest BCUT2D eigenvalue weighted by Crippen LogP contribution is -2.01. The van der Waals surface area contributed by atoms with Crippen LogP contribution in [0.25, 0.3) is 11.1 Å². The number of rotatable bonds is 11. The second-order valence-corrected chi connectivity index (χ2v) is 7.06. The molecule has 0 atom stereocenters. The zero-order valence-corrected chi connectivity index (χ0v) is 16.9. The molecule has 0 aliphatic heterocycles. The Bertz CT molecular complexity index is 936. The van der Waals surface area contributed by atoms with E-state index in [-0.39, 0.29) is 5.56 Å². The Balaban J connectivity index is 1.31. The van der Waals surface area contributed by atoms with Gasteiger partial charge in [0.15, 0.2) is 0 Å². The van der Waals surface area contributed by atoms with Crippen LogP contribution < -0.4 is 15.2 Å². The molecular formula is C25H27NO4. The second-order valence-electron chi connectivity index (χ2n) is 7.06. The molecule has 3 aromatic carbocycles. The third-order valence-corrected chi connectivity index (χ3v) is 4.80. The van der Waals surface area contributed by atoms with Gasteiger partial charge in [0.25, 0.3) is 0 Å². The van der Waals surface area contributed by atoms with E-state index in [4.69, 9.17) is 20.3 Å². The van der Waals surface area contributed by atoms with Crippen molar-refractivity contribution in [2.45, 2.75) is 25.7 Å². The number of ether oxygens (including phenoxy) is 2. The number of carboxylic acid groups (broad SMARTS) is 1. The Morgan fingerprint density at radius 2 is 1.30 bits per heavy atom. The van der Waals surface area contributed by atoms with Crippen LogP contribution in [0.2, 0.25) is 0 Å². The molecule has 0 radical (unpaired) electrons. The van der Waals surface area contributed by atoms with E-state index in [1.54, 1.807) is 12.1 Å². The minimum absolute atomic E-state index is 0.287. The topological polar surface area (TPSA) is 81.8 Å². The van der Waals surface area contributed by atoms with E-state index >= 15 is 0 Å². The predicted octanol–water partition coefficient (Wildman–Crippen LogP) is 5.65. The van der Waals surface area contributed by atoms with Crippen LogP contribution in [0.15, 0.2) is 72.8 Å². The van der Waals surface area contributed by atoms with Gasteiger partial charge in [0.2, 0.25) is 0 Å². The fourth-order valence-electron chi connectivity index (χ4n) is 3.09. The van der Waals surface area contributed by atoms with Gasteiger partial charge in [0.1, 0.15) is 11.5 Å². The van der Waals surface area contributed by atoms with Crippen LogP contribution in [-0.4, -0.2) is 24.3 Å². The molecule has 3 rings (SSSR count). The standard InChI is InChI=1S/C25H27NO4/c26-23-7-3-4-8-24(23)30-18-6-2-1-5-17-29-22-15-13-20(14-16-22)19-9-11-21(12-10-19)25(27)28/h3-4,7-16H,1-2,5-6,17-18,26H2,(H,27,28). The van der Waals surface area contributed by atoms with E-state index < -0.39 is 5.97 Å². The molecule has 0 saturated carbocycles. The summed E-state index contributed by atoms with van der Waals surface area (Å²) < 4.78 is 11.5.